The molecule has 0 saturated heterocycles. The van der Waals surface area contributed by atoms with Crippen molar-refractivity contribution in [3.05, 3.63) is 27.8 Å². The molecule has 2 rings (SSSR count). The topological polar surface area (TPSA) is 102 Å². The van der Waals surface area contributed by atoms with Crippen LogP contribution < -0.4 is 15.8 Å². The van der Waals surface area contributed by atoms with Crippen LogP contribution in [-0.4, -0.2) is 28.6 Å². The average molecular weight is 334 g/mol. The van der Waals surface area contributed by atoms with E-state index in [9.17, 15) is 9.59 Å². The van der Waals surface area contributed by atoms with E-state index in [0.717, 1.165) is 34.4 Å². The minimum absolute atomic E-state index is 0.222. The van der Waals surface area contributed by atoms with Crippen molar-refractivity contribution in [3.8, 4) is 5.75 Å². The maximum atomic E-state index is 11.9. The van der Waals surface area contributed by atoms with Crippen molar-refractivity contribution in [2.45, 2.75) is 65.6 Å². The van der Waals surface area contributed by atoms with Gasteiger partial charge in [-0.3, -0.25) is 9.59 Å². The van der Waals surface area contributed by atoms with Crippen LogP contribution in [0.25, 0.3) is 0 Å². The van der Waals surface area contributed by atoms with Gasteiger partial charge in [-0.25, -0.2) is 0 Å². The molecule has 0 fully saturated rings. The van der Waals surface area contributed by atoms with Crippen LogP contribution in [0.4, 0.5) is 0 Å². The van der Waals surface area contributed by atoms with Crippen LogP contribution in [0.15, 0.2) is 0 Å². The van der Waals surface area contributed by atoms with Gasteiger partial charge in [0, 0.05) is 18.5 Å². The monoisotopic (exact) mass is 334 g/mol. The number of nitrogens with two attached hydrogens (primary N) is 1. The molecule has 6 nitrogen and oxygen atoms in total. The van der Waals surface area contributed by atoms with Gasteiger partial charge < -0.3 is 20.9 Å². The highest BCUT2D eigenvalue weighted by Crippen LogP contribution is 2.42. The predicted octanol–water partition coefficient (Wildman–Crippen LogP) is 1.74. The summed E-state index contributed by atoms with van der Waals surface area (Å²) in [6.45, 7) is 10.6. The lowest BCUT2D eigenvalue weighted by Crippen LogP contribution is -2.37. The number of rotatable bonds is 5. The van der Waals surface area contributed by atoms with Crippen LogP contribution in [0.3, 0.4) is 0 Å². The van der Waals surface area contributed by atoms with Gasteiger partial charge in [0.25, 0.3) is 0 Å². The van der Waals surface area contributed by atoms with Crippen molar-refractivity contribution >= 4 is 11.9 Å². The van der Waals surface area contributed by atoms with Crippen molar-refractivity contribution in [1.82, 2.24) is 5.32 Å². The number of ether oxygens (including phenoxy) is 1. The number of amides is 1. The number of carbonyl (C=O) groups excluding carboxylic acids is 1. The number of hydrogen-bond acceptors (Lipinski definition) is 4. The molecule has 6 heteroatoms. The molecular formula is C18H26N2O4. The van der Waals surface area contributed by atoms with E-state index in [2.05, 4.69) is 19.2 Å². The first-order valence-corrected chi connectivity index (χ1v) is 8.09. The van der Waals surface area contributed by atoms with Crippen LogP contribution in [0.5, 0.6) is 5.75 Å². The van der Waals surface area contributed by atoms with Crippen molar-refractivity contribution in [1.29, 1.82) is 0 Å². The summed E-state index contributed by atoms with van der Waals surface area (Å²) in [6.07, 6.45) is 0.605. The Morgan fingerprint density at radius 1 is 1.25 bits per heavy atom. The predicted molar refractivity (Wildman–Crippen MR) is 91.1 cm³/mol. The van der Waals surface area contributed by atoms with E-state index in [1.807, 2.05) is 20.8 Å². The van der Waals surface area contributed by atoms with E-state index in [-0.39, 0.29) is 17.9 Å². The molecule has 1 heterocycles. The Bertz CT molecular complexity index is 695. The Kier molecular flexibility index (Phi) is 4.90. The fourth-order valence-corrected chi connectivity index (χ4v) is 3.16. The summed E-state index contributed by atoms with van der Waals surface area (Å²) >= 11 is 0. The Morgan fingerprint density at radius 3 is 2.46 bits per heavy atom. The SMILES string of the molecule is Cc1c(C)c2c(c(C)c1CNC(=O)C[C@H](N)C(=O)O)CC(C)(C)O2. The van der Waals surface area contributed by atoms with E-state index < -0.39 is 12.0 Å². The zero-order valence-electron chi connectivity index (χ0n) is 14.9. The van der Waals surface area contributed by atoms with Gasteiger partial charge in [-0.1, -0.05) is 0 Å². The van der Waals surface area contributed by atoms with Crippen LogP contribution in [0.2, 0.25) is 0 Å². The summed E-state index contributed by atoms with van der Waals surface area (Å²) in [7, 11) is 0. The third-order valence-electron chi connectivity index (χ3n) is 4.70. The molecule has 0 bridgehead atoms. The number of benzene rings is 1. The smallest absolute Gasteiger partial charge is 0.321 e. The number of carbonyl (C=O) groups is 2. The van der Waals surface area contributed by atoms with Gasteiger partial charge in [0.05, 0.1) is 6.42 Å². The lowest BCUT2D eigenvalue weighted by molar-refractivity contribution is -0.140. The first-order chi connectivity index (χ1) is 11.0. The Hall–Kier alpha value is -2.08. The molecule has 0 aliphatic carbocycles. The normalized spacial score (nSPS) is 16.2. The fourth-order valence-electron chi connectivity index (χ4n) is 3.16. The number of fused-ring (bicyclic) bond motifs is 1. The number of aliphatic carboxylic acids is 1. The van der Waals surface area contributed by atoms with E-state index in [1.54, 1.807) is 0 Å². The molecule has 1 amide bonds. The Morgan fingerprint density at radius 2 is 1.88 bits per heavy atom. The van der Waals surface area contributed by atoms with E-state index in [4.69, 9.17) is 15.6 Å². The van der Waals surface area contributed by atoms with E-state index in [1.165, 1.54) is 5.56 Å². The summed E-state index contributed by atoms with van der Waals surface area (Å²) in [6, 6.07) is -1.18. The molecule has 4 N–H and O–H groups in total. The standard InChI is InChI=1S/C18H26N2O4/c1-9-10(2)16-12(7-18(4,5)24-16)11(3)13(9)8-20-15(21)6-14(19)17(22)23/h14H,6-8,19H2,1-5H3,(H,20,21)(H,22,23)/t14-/m0/s1. The summed E-state index contributed by atoms with van der Waals surface area (Å²) in [5.74, 6) is -0.582. The molecule has 0 radical (unpaired) electrons. The van der Waals surface area contributed by atoms with Crippen molar-refractivity contribution in [3.63, 3.8) is 0 Å². The van der Waals surface area contributed by atoms with Gasteiger partial charge in [-0.15, -0.1) is 0 Å². The number of carboxylic acid groups (broad SMARTS) is 1. The Balaban J connectivity index is 2.20. The third kappa shape index (κ3) is 3.53. The summed E-state index contributed by atoms with van der Waals surface area (Å²) < 4.78 is 6.08. The first kappa shape index (κ1) is 18.3. The van der Waals surface area contributed by atoms with Crippen LogP contribution in [-0.2, 0) is 22.6 Å². The second kappa shape index (κ2) is 6.43. The first-order valence-electron chi connectivity index (χ1n) is 8.09. The number of hydrogen-bond donors (Lipinski definition) is 3. The summed E-state index contributed by atoms with van der Waals surface area (Å²) in [5.41, 5.74) is 10.7. The zero-order valence-corrected chi connectivity index (χ0v) is 14.9. The number of nitrogens with one attached hydrogen (secondary N) is 1. The summed E-state index contributed by atoms with van der Waals surface area (Å²) in [5, 5.41) is 11.6. The molecular weight excluding hydrogens is 308 g/mol. The van der Waals surface area contributed by atoms with Gasteiger partial charge in [0.1, 0.15) is 17.4 Å². The molecule has 1 atom stereocenters. The van der Waals surface area contributed by atoms with Gasteiger partial charge >= 0.3 is 5.97 Å². The van der Waals surface area contributed by atoms with Gasteiger partial charge in [-0.05, 0) is 56.9 Å². The van der Waals surface area contributed by atoms with Crippen molar-refractivity contribution < 1.29 is 19.4 Å². The molecule has 1 aromatic carbocycles. The molecule has 0 spiro atoms. The molecule has 1 aliphatic heterocycles. The van der Waals surface area contributed by atoms with Gasteiger partial charge in [0.15, 0.2) is 0 Å². The van der Waals surface area contributed by atoms with E-state index in [0.29, 0.717) is 6.54 Å². The quantitative estimate of drug-likeness (QED) is 0.761. The van der Waals surface area contributed by atoms with Crippen LogP contribution >= 0.6 is 0 Å². The molecule has 1 aromatic rings. The molecule has 0 saturated carbocycles. The average Bonchev–Trinajstić information content (AvgIpc) is 2.81. The van der Waals surface area contributed by atoms with Crippen LogP contribution in [0, 0.1) is 20.8 Å². The van der Waals surface area contributed by atoms with Crippen LogP contribution in [0.1, 0.15) is 48.1 Å². The van der Waals surface area contributed by atoms with Crippen molar-refractivity contribution in [2.75, 3.05) is 0 Å². The summed E-state index contributed by atoms with van der Waals surface area (Å²) in [4.78, 5) is 22.6. The largest absolute Gasteiger partial charge is 0.487 e. The maximum Gasteiger partial charge on any atom is 0.321 e. The van der Waals surface area contributed by atoms with Gasteiger partial charge in [-0.2, -0.15) is 0 Å². The molecule has 1 aliphatic rings. The lowest BCUT2D eigenvalue weighted by atomic mass is 9.89. The molecule has 24 heavy (non-hydrogen) atoms. The zero-order chi connectivity index (χ0) is 18.2. The minimum Gasteiger partial charge on any atom is -0.487 e. The molecule has 0 aromatic heterocycles. The van der Waals surface area contributed by atoms with E-state index >= 15 is 0 Å². The highest BCUT2D eigenvalue weighted by atomic mass is 16.5. The number of carboxylic acids is 1. The highest BCUT2D eigenvalue weighted by molar-refractivity contribution is 5.84. The second-order valence-electron chi connectivity index (χ2n) is 7.13. The highest BCUT2D eigenvalue weighted by Gasteiger charge is 2.34. The second-order valence-corrected chi connectivity index (χ2v) is 7.13. The Labute approximate surface area is 142 Å². The lowest BCUT2D eigenvalue weighted by Gasteiger charge is -2.19. The van der Waals surface area contributed by atoms with Gasteiger partial charge in [0.2, 0.25) is 5.91 Å². The molecule has 0 unspecified atom stereocenters. The maximum absolute atomic E-state index is 11.9. The fraction of sp³-hybridized carbons (Fsp3) is 0.556. The van der Waals surface area contributed by atoms with Crippen molar-refractivity contribution in [2.24, 2.45) is 5.73 Å². The molecule has 132 valence electrons. The third-order valence-corrected chi connectivity index (χ3v) is 4.70. The minimum atomic E-state index is -1.18.